The summed E-state index contributed by atoms with van der Waals surface area (Å²) in [7, 11) is 1.61. The highest BCUT2D eigenvalue weighted by Gasteiger charge is 2.14. The maximum atomic E-state index is 13.5. The average molecular weight is 408 g/mol. The Morgan fingerprint density at radius 3 is 2.37 bits per heavy atom. The SMILES string of the molecule is COc1ccc(C(Br)c2ccc(Cl)c(F)c2)cc1Br. The molecule has 2 rings (SSSR count). The fraction of sp³-hybridized carbons (Fsp3) is 0.143. The Morgan fingerprint density at radius 1 is 1.16 bits per heavy atom. The second-order valence-corrected chi connectivity index (χ2v) is 6.11. The first-order valence-corrected chi connectivity index (χ1v) is 7.54. The highest BCUT2D eigenvalue weighted by Crippen LogP contribution is 2.36. The summed E-state index contributed by atoms with van der Waals surface area (Å²) in [5.74, 6) is 0.335. The standard InChI is InChI=1S/C14H10Br2ClFO/c1-19-13-5-3-8(6-10(13)15)14(16)9-2-4-11(17)12(18)7-9/h2-7,14H,1H3. The van der Waals surface area contributed by atoms with Crippen LogP contribution in [0.3, 0.4) is 0 Å². The van der Waals surface area contributed by atoms with Crippen LogP contribution in [0.15, 0.2) is 40.9 Å². The van der Waals surface area contributed by atoms with Gasteiger partial charge in [-0.15, -0.1) is 0 Å². The van der Waals surface area contributed by atoms with Crippen LogP contribution in [-0.4, -0.2) is 7.11 Å². The monoisotopic (exact) mass is 406 g/mol. The number of ether oxygens (including phenoxy) is 1. The van der Waals surface area contributed by atoms with Gasteiger partial charge in [-0.3, -0.25) is 0 Å². The summed E-state index contributed by atoms with van der Waals surface area (Å²) in [6.07, 6.45) is 0. The van der Waals surface area contributed by atoms with Crippen molar-refractivity contribution in [2.45, 2.75) is 4.83 Å². The van der Waals surface area contributed by atoms with Crippen molar-refractivity contribution in [2.24, 2.45) is 0 Å². The van der Waals surface area contributed by atoms with E-state index >= 15 is 0 Å². The van der Waals surface area contributed by atoms with E-state index in [-0.39, 0.29) is 9.85 Å². The van der Waals surface area contributed by atoms with Gasteiger partial charge in [0.2, 0.25) is 0 Å². The Hall–Kier alpha value is -0.580. The topological polar surface area (TPSA) is 9.23 Å². The fourth-order valence-electron chi connectivity index (χ4n) is 1.70. The van der Waals surface area contributed by atoms with E-state index in [1.54, 1.807) is 19.2 Å². The van der Waals surface area contributed by atoms with Crippen molar-refractivity contribution in [2.75, 3.05) is 7.11 Å². The van der Waals surface area contributed by atoms with Gasteiger partial charge in [-0.1, -0.05) is 39.7 Å². The molecule has 0 spiro atoms. The highest BCUT2D eigenvalue weighted by atomic mass is 79.9. The average Bonchev–Trinajstić information content (AvgIpc) is 2.41. The maximum Gasteiger partial charge on any atom is 0.142 e. The molecule has 0 radical (unpaired) electrons. The van der Waals surface area contributed by atoms with Crippen molar-refractivity contribution in [3.05, 3.63) is 62.8 Å². The maximum absolute atomic E-state index is 13.5. The van der Waals surface area contributed by atoms with Crippen molar-refractivity contribution < 1.29 is 9.13 Å². The minimum absolute atomic E-state index is 0.110. The van der Waals surface area contributed by atoms with Crippen LogP contribution in [-0.2, 0) is 0 Å². The summed E-state index contributed by atoms with van der Waals surface area (Å²) in [6, 6.07) is 10.5. The molecule has 0 bridgehead atoms. The predicted molar refractivity (Wildman–Crippen MR) is 82.9 cm³/mol. The molecule has 0 heterocycles. The van der Waals surface area contributed by atoms with Crippen LogP contribution in [0, 0.1) is 5.82 Å². The molecule has 0 aliphatic carbocycles. The molecule has 0 saturated carbocycles. The normalized spacial score (nSPS) is 12.3. The van der Waals surface area contributed by atoms with E-state index in [1.807, 2.05) is 18.2 Å². The number of alkyl halides is 1. The predicted octanol–water partition coefficient (Wildman–Crippen LogP) is 5.73. The molecule has 0 aliphatic rings. The molecular formula is C14H10Br2ClFO. The molecule has 2 aromatic rings. The van der Waals surface area contributed by atoms with E-state index in [0.717, 1.165) is 21.3 Å². The third-order valence-electron chi connectivity index (χ3n) is 2.70. The van der Waals surface area contributed by atoms with Crippen molar-refractivity contribution >= 4 is 43.5 Å². The zero-order chi connectivity index (χ0) is 14.0. The van der Waals surface area contributed by atoms with Crippen molar-refractivity contribution in [1.29, 1.82) is 0 Å². The summed E-state index contributed by atoms with van der Waals surface area (Å²) < 4.78 is 19.5. The fourth-order valence-corrected chi connectivity index (χ4v) is 2.95. The summed E-state index contributed by atoms with van der Waals surface area (Å²) in [4.78, 5) is -0.110. The van der Waals surface area contributed by atoms with Crippen molar-refractivity contribution in [3.8, 4) is 5.75 Å². The van der Waals surface area contributed by atoms with Crippen LogP contribution in [0.25, 0.3) is 0 Å². The lowest BCUT2D eigenvalue weighted by Gasteiger charge is -2.13. The van der Waals surface area contributed by atoms with Gasteiger partial charge < -0.3 is 4.74 Å². The van der Waals surface area contributed by atoms with E-state index in [0.29, 0.717) is 0 Å². The van der Waals surface area contributed by atoms with Gasteiger partial charge in [0.25, 0.3) is 0 Å². The van der Waals surface area contributed by atoms with E-state index in [9.17, 15) is 4.39 Å². The van der Waals surface area contributed by atoms with Crippen LogP contribution in [0.4, 0.5) is 4.39 Å². The second-order valence-electron chi connectivity index (χ2n) is 3.93. The molecule has 0 fully saturated rings. The van der Waals surface area contributed by atoms with Gasteiger partial charge in [0, 0.05) is 0 Å². The van der Waals surface area contributed by atoms with Crippen LogP contribution in [0.2, 0.25) is 5.02 Å². The largest absolute Gasteiger partial charge is 0.496 e. The van der Waals surface area contributed by atoms with Gasteiger partial charge in [0.15, 0.2) is 0 Å². The Bertz CT molecular complexity index is 604. The molecule has 0 N–H and O–H groups in total. The molecule has 0 amide bonds. The highest BCUT2D eigenvalue weighted by molar-refractivity contribution is 9.10. The molecule has 2 aromatic carbocycles. The molecular weight excluding hydrogens is 398 g/mol. The van der Waals surface area contributed by atoms with E-state index < -0.39 is 5.82 Å². The molecule has 0 aliphatic heterocycles. The van der Waals surface area contributed by atoms with Crippen LogP contribution in [0.5, 0.6) is 5.75 Å². The number of hydrogen-bond acceptors (Lipinski definition) is 1. The van der Waals surface area contributed by atoms with E-state index in [1.165, 1.54) is 6.07 Å². The molecule has 0 saturated heterocycles. The third kappa shape index (κ3) is 3.30. The minimum Gasteiger partial charge on any atom is -0.496 e. The van der Waals surface area contributed by atoms with E-state index in [4.69, 9.17) is 16.3 Å². The lowest BCUT2D eigenvalue weighted by Crippen LogP contribution is -1.95. The first kappa shape index (κ1) is 14.8. The van der Waals surface area contributed by atoms with Crippen LogP contribution < -0.4 is 4.74 Å². The first-order chi connectivity index (χ1) is 9.02. The van der Waals surface area contributed by atoms with Gasteiger partial charge in [-0.25, -0.2) is 4.39 Å². The molecule has 1 nitrogen and oxygen atoms in total. The minimum atomic E-state index is -0.420. The second kappa shape index (κ2) is 6.25. The molecule has 5 heteroatoms. The van der Waals surface area contributed by atoms with Crippen LogP contribution >= 0.6 is 43.5 Å². The van der Waals surface area contributed by atoms with E-state index in [2.05, 4.69) is 31.9 Å². The third-order valence-corrected chi connectivity index (χ3v) is 4.69. The zero-order valence-electron chi connectivity index (χ0n) is 9.96. The van der Waals surface area contributed by atoms with Crippen molar-refractivity contribution in [1.82, 2.24) is 0 Å². The molecule has 1 atom stereocenters. The van der Waals surface area contributed by atoms with Gasteiger partial charge in [0.05, 0.1) is 21.4 Å². The van der Waals surface area contributed by atoms with Crippen LogP contribution in [0.1, 0.15) is 16.0 Å². The van der Waals surface area contributed by atoms with Gasteiger partial charge in [0.1, 0.15) is 11.6 Å². The lowest BCUT2D eigenvalue weighted by molar-refractivity contribution is 0.412. The molecule has 0 aromatic heterocycles. The number of rotatable bonds is 3. The number of halogens is 4. The molecule has 1 unspecified atom stereocenters. The smallest absolute Gasteiger partial charge is 0.142 e. The van der Waals surface area contributed by atoms with Crippen molar-refractivity contribution in [3.63, 3.8) is 0 Å². The number of hydrogen-bond donors (Lipinski definition) is 0. The summed E-state index contributed by atoms with van der Waals surface area (Å²) in [6.45, 7) is 0. The number of methoxy groups -OCH3 is 1. The molecule has 19 heavy (non-hydrogen) atoms. The Kier molecular flexibility index (Phi) is 4.87. The van der Waals surface area contributed by atoms with Gasteiger partial charge >= 0.3 is 0 Å². The summed E-state index contributed by atoms with van der Waals surface area (Å²) >= 11 is 12.7. The molecule has 100 valence electrons. The quantitative estimate of drug-likeness (QED) is 0.589. The summed E-state index contributed by atoms with van der Waals surface area (Å²) in [5.41, 5.74) is 1.80. The zero-order valence-corrected chi connectivity index (χ0v) is 13.9. The first-order valence-electron chi connectivity index (χ1n) is 5.45. The Labute approximate surface area is 133 Å². The van der Waals surface area contributed by atoms with Gasteiger partial charge in [-0.2, -0.15) is 0 Å². The van der Waals surface area contributed by atoms with Gasteiger partial charge in [-0.05, 0) is 51.3 Å². The number of benzene rings is 2. The lowest BCUT2D eigenvalue weighted by atomic mass is 10.0. The Morgan fingerprint density at radius 2 is 1.79 bits per heavy atom. The Balaban J connectivity index is 2.35. The summed E-state index contributed by atoms with van der Waals surface area (Å²) in [5, 5.41) is 0.124.